The zero-order valence-electron chi connectivity index (χ0n) is 9.42. The van der Waals surface area contributed by atoms with Gasteiger partial charge in [-0.1, -0.05) is 23.7 Å². The SMILES string of the molecule is Clc1ccc(COCC2CCNCC2)cc1. The van der Waals surface area contributed by atoms with Crippen molar-refractivity contribution >= 4 is 11.6 Å². The van der Waals surface area contributed by atoms with Crippen LogP contribution in [0.1, 0.15) is 18.4 Å². The van der Waals surface area contributed by atoms with Gasteiger partial charge in [-0.15, -0.1) is 0 Å². The lowest BCUT2D eigenvalue weighted by Crippen LogP contribution is -2.29. The maximum atomic E-state index is 5.82. The summed E-state index contributed by atoms with van der Waals surface area (Å²) in [5, 5.41) is 4.14. The molecule has 1 heterocycles. The fourth-order valence-corrected chi connectivity index (χ4v) is 2.10. The monoisotopic (exact) mass is 239 g/mol. The Bertz CT molecular complexity index is 306. The van der Waals surface area contributed by atoms with Crippen LogP contribution in [0.5, 0.6) is 0 Å². The molecule has 2 rings (SSSR count). The predicted octanol–water partition coefficient (Wildman–Crippen LogP) is 2.86. The second-order valence-electron chi connectivity index (χ2n) is 4.33. The van der Waals surface area contributed by atoms with E-state index in [1.165, 1.54) is 18.4 Å². The van der Waals surface area contributed by atoms with E-state index in [4.69, 9.17) is 16.3 Å². The van der Waals surface area contributed by atoms with Crippen molar-refractivity contribution in [2.24, 2.45) is 5.92 Å². The lowest BCUT2D eigenvalue weighted by molar-refractivity contribution is 0.0763. The van der Waals surface area contributed by atoms with E-state index in [0.29, 0.717) is 6.61 Å². The van der Waals surface area contributed by atoms with Gasteiger partial charge in [-0.3, -0.25) is 0 Å². The largest absolute Gasteiger partial charge is 0.376 e. The molecule has 1 aliphatic heterocycles. The number of benzene rings is 1. The molecular weight excluding hydrogens is 222 g/mol. The van der Waals surface area contributed by atoms with Crippen molar-refractivity contribution in [1.82, 2.24) is 5.32 Å². The molecule has 1 N–H and O–H groups in total. The summed E-state index contributed by atoms with van der Waals surface area (Å²) in [6, 6.07) is 7.85. The third-order valence-electron chi connectivity index (χ3n) is 2.99. The Labute approximate surface area is 102 Å². The molecule has 16 heavy (non-hydrogen) atoms. The molecule has 0 saturated carbocycles. The number of hydrogen-bond donors (Lipinski definition) is 1. The first-order chi connectivity index (χ1) is 7.84. The van der Waals surface area contributed by atoms with E-state index in [9.17, 15) is 0 Å². The van der Waals surface area contributed by atoms with Gasteiger partial charge in [0.1, 0.15) is 0 Å². The maximum absolute atomic E-state index is 5.82. The summed E-state index contributed by atoms with van der Waals surface area (Å²) in [5.74, 6) is 0.730. The molecule has 0 aliphatic carbocycles. The highest BCUT2D eigenvalue weighted by molar-refractivity contribution is 6.30. The maximum Gasteiger partial charge on any atom is 0.0717 e. The van der Waals surface area contributed by atoms with Crippen molar-refractivity contribution in [3.8, 4) is 0 Å². The van der Waals surface area contributed by atoms with Crippen molar-refractivity contribution in [2.75, 3.05) is 19.7 Å². The summed E-state index contributed by atoms with van der Waals surface area (Å²) >= 11 is 5.82. The highest BCUT2D eigenvalue weighted by Crippen LogP contribution is 2.14. The number of ether oxygens (including phenoxy) is 1. The molecule has 0 spiro atoms. The fraction of sp³-hybridized carbons (Fsp3) is 0.538. The third-order valence-corrected chi connectivity index (χ3v) is 3.25. The lowest BCUT2D eigenvalue weighted by atomic mass is 9.99. The first-order valence-electron chi connectivity index (χ1n) is 5.87. The van der Waals surface area contributed by atoms with Crippen LogP contribution in [-0.4, -0.2) is 19.7 Å². The molecule has 0 aromatic heterocycles. The van der Waals surface area contributed by atoms with Gasteiger partial charge in [-0.05, 0) is 49.5 Å². The highest BCUT2D eigenvalue weighted by Gasteiger charge is 2.12. The van der Waals surface area contributed by atoms with E-state index in [0.717, 1.165) is 30.6 Å². The van der Waals surface area contributed by atoms with Crippen molar-refractivity contribution < 1.29 is 4.74 Å². The Hall–Kier alpha value is -0.570. The van der Waals surface area contributed by atoms with Crippen LogP contribution in [0, 0.1) is 5.92 Å². The fourth-order valence-electron chi connectivity index (χ4n) is 1.97. The van der Waals surface area contributed by atoms with Crippen LogP contribution in [-0.2, 0) is 11.3 Å². The van der Waals surface area contributed by atoms with Crippen molar-refractivity contribution in [2.45, 2.75) is 19.4 Å². The number of piperidine rings is 1. The molecule has 0 amide bonds. The molecule has 1 fully saturated rings. The van der Waals surface area contributed by atoms with Crippen LogP contribution in [0.3, 0.4) is 0 Å². The molecule has 1 aliphatic rings. The third kappa shape index (κ3) is 3.78. The van der Waals surface area contributed by atoms with Gasteiger partial charge < -0.3 is 10.1 Å². The predicted molar refractivity (Wildman–Crippen MR) is 66.7 cm³/mol. The van der Waals surface area contributed by atoms with Crippen LogP contribution in [0.2, 0.25) is 5.02 Å². The quantitative estimate of drug-likeness (QED) is 0.873. The van der Waals surface area contributed by atoms with Crippen LogP contribution < -0.4 is 5.32 Å². The summed E-state index contributed by atoms with van der Waals surface area (Å²) in [6.45, 7) is 3.84. The average molecular weight is 240 g/mol. The van der Waals surface area contributed by atoms with E-state index < -0.39 is 0 Å². The van der Waals surface area contributed by atoms with Gasteiger partial charge in [-0.2, -0.15) is 0 Å². The van der Waals surface area contributed by atoms with E-state index in [2.05, 4.69) is 5.32 Å². The topological polar surface area (TPSA) is 21.3 Å². The molecule has 0 radical (unpaired) electrons. The molecule has 88 valence electrons. The standard InChI is InChI=1S/C13H18ClNO/c14-13-3-1-11(2-4-13)9-16-10-12-5-7-15-8-6-12/h1-4,12,15H,5-10H2. The molecule has 2 nitrogen and oxygen atoms in total. The molecule has 1 aromatic rings. The Morgan fingerprint density at radius 3 is 2.56 bits per heavy atom. The Kier molecular flexibility index (Phi) is 4.64. The normalized spacial score (nSPS) is 17.6. The van der Waals surface area contributed by atoms with Crippen LogP contribution in [0.15, 0.2) is 24.3 Å². The minimum absolute atomic E-state index is 0.696. The number of nitrogens with one attached hydrogen (secondary N) is 1. The first kappa shape index (κ1) is 11.9. The van der Waals surface area contributed by atoms with Gasteiger partial charge in [0.05, 0.1) is 6.61 Å². The Balaban J connectivity index is 1.69. The molecule has 1 aromatic carbocycles. The van der Waals surface area contributed by atoms with E-state index in [1.807, 2.05) is 24.3 Å². The Morgan fingerprint density at radius 1 is 1.19 bits per heavy atom. The van der Waals surface area contributed by atoms with Crippen molar-refractivity contribution in [3.05, 3.63) is 34.9 Å². The first-order valence-corrected chi connectivity index (χ1v) is 6.25. The van der Waals surface area contributed by atoms with Crippen LogP contribution >= 0.6 is 11.6 Å². The second-order valence-corrected chi connectivity index (χ2v) is 4.77. The average Bonchev–Trinajstić information content (AvgIpc) is 2.33. The minimum Gasteiger partial charge on any atom is -0.376 e. The van der Waals surface area contributed by atoms with Crippen LogP contribution in [0.25, 0.3) is 0 Å². The molecule has 0 bridgehead atoms. The number of halogens is 1. The van der Waals surface area contributed by atoms with Gasteiger partial charge in [0, 0.05) is 11.6 Å². The van der Waals surface area contributed by atoms with Crippen LogP contribution in [0.4, 0.5) is 0 Å². The van der Waals surface area contributed by atoms with Gasteiger partial charge in [-0.25, -0.2) is 0 Å². The van der Waals surface area contributed by atoms with Crippen molar-refractivity contribution in [1.29, 1.82) is 0 Å². The zero-order valence-corrected chi connectivity index (χ0v) is 10.2. The van der Waals surface area contributed by atoms with E-state index >= 15 is 0 Å². The summed E-state index contributed by atoms with van der Waals surface area (Å²) in [5.41, 5.74) is 1.19. The van der Waals surface area contributed by atoms with E-state index in [-0.39, 0.29) is 0 Å². The summed E-state index contributed by atoms with van der Waals surface area (Å²) < 4.78 is 5.73. The smallest absolute Gasteiger partial charge is 0.0717 e. The summed E-state index contributed by atoms with van der Waals surface area (Å²) in [4.78, 5) is 0. The molecule has 0 unspecified atom stereocenters. The van der Waals surface area contributed by atoms with Gasteiger partial charge >= 0.3 is 0 Å². The number of rotatable bonds is 4. The van der Waals surface area contributed by atoms with E-state index in [1.54, 1.807) is 0 Å². The number of hydrogen-bond acceptors (Lipinski definition) is 2. The lowest BCUT2D eigenvalue weighted by Gasteiger charge is -2.22. The second kappa shape index (κ2) is 6.24. The molecule has 0 atom stereocenters. The summed E-state index contributed by atoms with van der Waals surface area (Å²) in [6.07, 6.45) is 2.47. The van der Waals surface area contributed by atoms with Gasteiger partial charge in [0.2, 0.25) is 0 Å². The summed E-state index contributed by atoms with van der Waals surface area (Å²) in [7, 11) is 0. The molecule has 1 saturated heterocycles. The Morgan fingerprint density at radius 2 is 1.88 bits per heavy atom. The molecular formula is C13H18ClNO. The molecule has 3 heteroatoms. The minimum atomic E-state index is 0.696. The highest BCUT2D eigenvalue weighted by atomic mass is 35.5. The van der Waals surface area contributed by atoms with Crippen molar-refractivity contribution in [3.63, 3.8) is 0 Å². The van der Waals surface area contributed by atoms with Gasteiger partial charge in [0.25, 0.3) is 0 Å². The zero-order chi connectivity index (χ0) is 11.2. The van der Waals surface area contributed by atoms with Gasteiger partial charge in [0.15, 0.2) is 0 Å².